The molecule has 66 valence electrons. The number of allylic oxidation sites excluding steroid dienone is 2. The molecule has 0 aromatic carbocycles. The Hall–Kier alpha value is 0.791. The van der Waals surface area contributed by atoms with E-state index in [2.05, 4.69) is 5.92 Å². The maximum absolute atomic E-state index is 11.7. The van der Waals surface area contributed by atoms with Crippen LogP contribution in [0.3, 0.4) is 0 Å². The Morgan fingerprint density at radius 1 is 1.23 bits per heavy atom. The molecule has 0 amide bonds. The zero-order valence-electron chi connectivity index (χ0n) is 7.62. The monoisotopic (exact) mass is 212 g/mol. The molecule has 0 atom stereocenters. The minimum Gasteiger partial charge on any atom is -0.438 e. The number of halogens is 3. The van der Waals surface area contributed by atoms with Gasteiger partial charge in [-0.05, 0) is 31.3 Å². The van der Waals surface area contributed by atoms with Crippen LogP contribution in [0.25, 0.3) is 0 Å². The second-order valence-electron chi connectivity index (χ2n) is 2.82. The molecule has 0 radical (unpaired) electrons. The molecule has 0 aromatic rings. The largest absolute Gasteiger partial charge is 1.00 e. The maximum atomic E-state index is 11.7. The van der Waals surface area contributed by atoms with Gasteiger partial charge in [-0.3, -0.25) is 0 Å². The topological polar surface area (TPSA) is 0 Å². The van der Waals surface area contributed by atoms with Gasteiger partial charge in [-0.15, -0.1) is 5.92 Å². The van der Waals surface area contributed by atoms with Crippen molar-refractivity contribution in [2.75, 3.05) is 0 Å². The van der Waals surface area contributed by atoms with Crippen molar-refractivity contribution in [3.63, 3.8) is 0 Å². The average molecular weight is 212 g/mol. The third-order valence-electron chi connectivity index (χ3n) is 1.69. The van der Waals surface area contributed by atoms with Crippen LogP contribution in [0, 0.1) is 11.7 Å². The van der Waals surface area contributed by atoms with E-state index in [0.717, 1.165) is 19.3 Å². The number of rotatable bonds is 0. The molecular formula is C8H9BF3K. The molecule has 0 aromatic heterocycles. The Labute approximate surface area is 119 Å². The van der Waals surface area contributed by atoms with Gasteiger partial charge in [0.1, 0.15) is 0 Å². The fraction of sp³-hybridized carbons (Fsp3) is 0.500. The third-order valence-corrected chi connectivity index (χ3v) is 1.69. The zero-order valence-corrected chi connectivity index (χ0v) is 10.7. The molecule has 1 aliphatic carbocycles. The molecule has 0 bridgehead atoms. The normalized spacial score (nSPS) is 16.4. The summed E-state index contributed by atoms with van der Waals surface area (Å²) in [5.41, 5.74) is 0.653. The number of hydrogen-bond donors (Lipinski definition) is 0. The molecule has 0 aliphatic heterocycles. The van der Waals surface area contributed by atoms with Gasteiger partial charge in [-0.2, -0.15) is 5.82 Å². The second-order valence-corrected chi connectivity index (χ2v) is 2.82. The van der Waals surface area contributed by atoms with Gasteiger partial charge < -0.3 is 12.9 Å². The van der Waals surface area contributed by atoms with Crippen molar-refractivity contribution in [1.29, 1.82) is 0 Å². The van der Waals surface area contributed by atoms with E-state index in [9.17, 15) is 12.9 Å². The summed E-state index contributed by atoms with van der Waals surface area (Å²) < 4.78 is 35.0. The summed E-state index contributed by atoms with van der Waals surface area (Å²) in [6.07, 6.45) is 5.42. The Bertz CT molecular complexity index is 246. The van der Waals surface area contributed by atoms with Crippen molar-refractivity contribution in [1.82, 2.24) is 0 Å². The summed E-state index contributed by atoms with van der Waals surface area (Å²) in [5, 5.41) is 0. The van der Waals surface area contributed by atoms with Crippen LogP contribution in [0.2, 0.25) is 0 Å². The predicted molar refractivity (Wildman–Crippen MR) is 43.4 cm³/mol. The van der Waals surface area contributed by atoms with Crippen molar-refractivity contribution >= 4 is 6.98 Å². The molecule has 0 unspecified atom stereocenters. The predicted octanol–water partition coefficient (Wildman–Crippen LogP) is -0.119. The van der Waals surface area contributed by atoms with E-state index in [1.165, 1.54) is 5.82 Å². The van der Waals surface area contributed by atoms with E-state index >= 15 is 0 Å². The van der Waals surface area contributed by atoms with Crippen LogP contribution >= 0.6 is 0 Å². The van der Waals surface area contributed by atoms with E-state index in [-0.39, 0.29) is 51.4 Å². The summed E-state index contributed by atoms with van der Waals surface area (Å²) >= 11 is 0. The molecule has 0 nitrogen and oxygen atoms in total. The van der Waals surface area contributed by atoms with Gasteiger partial charge in [0, 0.05) is 0 Å². The summed E-state index contributed by atoms with van der Waals surface area (Å²) in [6.45, 7) is -4.93. The van der Waals surface area contributed by atoms with Gasteiger partial charge in [0.2, 0.25) is 0 Å². The SMILES string of the molecule is F[B-](F)(F)C#CC1=CCCCC1.[K+]. The van der Waals surface area contributed by atoms with Gasteiger partial charge in [-0.25, -0.2) is 0 Å². The van der Waals surface area contributed by atoms with E-state index in [1.54, 1.807) is 6.08 Å². The Balaban J connectivity index is 0.00000144. The Morgan fingerprint density at radius 3 is 2.38 bits per heavy atom. The zero-order chi connectivity index (χ0) is 9.03. The van der Waals surface area contributed by atoms with Crippen LogP contribution in [-0.2, 0) is 0 Å². The van der Waals surface area contributed by atoms with Crippen molar-refractivity contribution in [2.24, 2.45) is 0 Å². The summed E-state index contributed by atoms with van der Waals surface area (Å²) in [7, 11) is 0. The smallest absolute Gasteiger partial charge is 0.438 e. The Morgan fingerprint density at radius 2 is 1.92 bits per heavy atom. The number of hydrogen-bond acceptors (Lipinski definition) is 0. The van der Waals surface area contributed by atoms with Crippen molar-refractivity contribution in [3.8, 4) is 11.7 Å². The molecule has 5 heteroatoms. The van der Waals surface area contributed by atoms with Crippen LogP contribution in [0.4, 0.5) is 12.9 Å². The van der Waals surface area contributed by atoms with E-state index in [4.69, 9.17) is 0 Å². The van der Waals surface area contributed by atoms with E-state index in [1.807, 2.05) is 0 Å². The van der Waals surface area contributed by atoms with Crippen LogP contribution in [0.1, 0.15) is 25.7 Å². The van der Waals surface area contributed by atoms with Crippen LogP contribution in [0.5, 0.6) is 0 Å². The maximum Gasteiger partial charge on any atom is 1.00 e. The minimum atomic E-state index is -4.93. The summed E-state index contributed by atoms with van der Waals surface area (Å²) in [5.74, 6) is 3.51. The minimum absolute atomic E-state index is 0. The van der Waals surface area contributed by atoms with Crippen molar-refractivity contribution < 1.29 is 64.3 Å². The molecule has 0 saturated heterocycles. The average Bonchev–Trinajstić information content (AvgIpc) is 2.02. The molecule has 1 rings (SSSR count). The molecule has 13 heavy (non-hydrogen) atoms. The van der Waals surface area contributed by atoms with Gasteiger partial charge >= 0.3 is 58.4 Å². The second kappa shape index (κ2) is 6.31. The first kappa shape index (κ1) is 13.8. The third kappa shape index (κ3) is 6.81. The fourth-order valence-corrected chi connectivity index (χ4v) is 1.13. The van der Waals surface area contributed by atoms with Gasteiger partial charge in [-0.1, -0.05) is 6.08 Å². The molecular weight excluding hydrogens is 203 g/mol. The van der Waals surface area contributed by atoms with E-state index in [0.29, 0.717) is 12.0 Å². The quantitative estimate of drug-likeness (QED) is 0.388. The van der Waals surface area contributed by atoms with Crippen LogP contribution < -0.4 is 51.4 Å². The Kier molecular flexibility index (Phi) is 6.69. The van der Waals surface area contributed by atoms with Gasteiger partial charge in [0.15, 0.2) is 0 Å². The van der Waals surface area contributed by atoms with Gasteiger partial charge in [0.25, 0.3) is 0 Å². The molecule has 0 N–H and O–H groups in total. The first-order valence-corrected chi connectivity index (χ1v) is 3.99. The standard InChI is InChI=1S/C8H9BF3.K/c10-9(11,12)7-6-8-4-2-1-3-5-8;/h4H,1-3,5H2;/q-1;+1. The van der Waals surface area contributed by atoms with E-state index < -0.39 is 6.98 Å². The van der Waals surface area contributed by atoms with Crippen LogP contribution in [0.15, 0.2) is 11.6 Å². The molecule has 0 saturated carbocycles. The molecule has 1 aliphatic rings. The molecule has 0 fully saturated rings. The first-order chi connectivity index (χ1) is 5.58. The summed E-state index contributed by atoms with van der Waals surface area (Å²) in [6, 6.07) is 0. The summed E-state index contributed by atoms with van der Waals surface area (Å²) in [4.78, 5) is 0. The van der Waals surface area contributed by atoms with Crippen LogP contribution in [-0.4, -0.2) is 6.98 Å². The first-order valence-electron chi connectivity index (χ1n) is 3.99. The van der Waals surface area contributed by atoms with Crippen molar-refractivity contribution in [2.45, 2.75) is 25.7 Å². The van der Waals surface area contributed by atoms with Crippen molar-refractivity contribution in [3.05, 3.63) is 11.6 Å². The van der Waals surface area contributed by atoms with Gasteiger partial charge in [0.05, 0.1) is 0 Å². The molecule has 0 heterocycles. The fourth-order valence-electron chi connectivity index (χ4n) is 1.13. The molecule has 0 spiro atoms.